The lowest BCUT2D eigenvalue weighted by Crippen LogP contribution is -2.43. The van der Waals surface area contributed by atoms with Crippen LogP contribution in [0.2, 0.25) is 0 Å². The molecule has 1 N–H and O–H groups in total. The van der Waals surface area contributed by atoms with Gasteiger partial charge in [0, 0.05) is 16.6 Å². The van der Waals surface area contributed by atoms with E-state index in [1.54, 1.807) is 7.11 Å². The van der Waals surface area contributed by atoms with Gasteiger partial charge in [-0.25, -0.2) is 0 Å². The second kappa shape index (κ2) is 3.77. The van der Waals surface area contributed by atoms with E-state index in [1.807, 2.05) is 12.1 Å². The Bertz CT molecular complexity index is 386. The predicted molar refractivity (Wildman–Crippen MR) is 66.8 cm³/mol. The van der Waals surface area contributed by atoms with E-state index in [4.69, 9.17) is 4.74 Å². The molecule has 1 unspecified atom stereocenters. The van der Waals surface area contributed by atoms with Crippen molar-refractivity contribution in [1.29, 1.82) is 0 Å². The maximum Gasteiger partial charge on any atom is 0.123 e. The molecule has 0 aliphatic carbocycles. The number of para-hydroxylation sites is 1. The summed E-state index contributed by atoms with van der Waals surface area (Å²) in [6, 6.07) is 8.29. The van der Waals surface area contributed by atoms with Gasteiger partial charge in [0.25, 0.3) is 0 Å². The third-order valence-electron chi connectivity index (χ3n) is 3.57. The summed E-state index contributed by atoms with van der Waals surface area (Å²) in [6.45, 7) is 6.78. The van der Waals surface area contributed by atoms with Crippen molar-refractivity contribution in [2.24, 2.45) is 0 Å². The Kier molecular flexibility index (Phi) is 2.70. The molecule has 1 saturated heterocycles. The Hall–Kier alpha value is -1.02. The first-order valence-corrected chi connectivity index (χ1v) is 5.90. The summed E-state index contributed by atoms with van der Waals surface area (Å²) in [4.78, 5) is 0. The number of benzene rings is 1. The van der Waals surface area contributed by atoms with Crippen molar-refractivity contribution < 1.29 is 4.74 Å². The average Bonchev–Trinajstić information content (AvgIpc) is 2.54. The Morgan fingerprint density at radius 2 is 1.81 bits per heavy atom. The molecule has 0 bridgehead atoms. The van der Waals surface area contributed by atoms with Crippen molar-refractivity contribution in [3.05, 3.63) is 29.8 Å². The van der Waals surface area contributed by atoms with Crippen molar-refractivity contribution in [3.63, 3.8) is 0 Å². The standard InChI is InChI=1S/C14H21NO/c1-13(2)9-10-14(3,15-13)11-7-5-6-8-12(11)16-4/h5-8,15H,9-10H2,1-4H3. The first kappa shape index (κ1) is 11.5. The fourth-order valence-electron chi connectivity index (χ4n) is 2.74. The van der Waals surface area contributed by atoms with Gasteiger partial charge in [-0.3, -0.25) is 0 Å². The number of rotatable bonds is 2. The van der Waals surface area contributed by atoms with Crippen LogP contribution in [0, 0.1) is 0 Å². The molecule has 1 atom stereocenters. The lowest BCUT2D eigenvalue weighted by molar-refractivity contribution is 0.333. The molecule has 0 amide bonds. The fraction of sp³-hybridized carbons (Fsp3) is 0.571. The van der Waals surface area contributed by atoms with Crippen LogP contribution in [0.1, 0.15) is 39.2 Å². The maximum atomic E-state index is 5.45. The van der Waals surface area contributed by atoms with Crippen molar-refractivity contribution in [2.75, 3.05) is 7.11 Å². The molecule has 0 radical (unpaired) electrons. The molecular weight excluding hydrogens is 198 g/mol. The average molecular weight is 219 g/mol. The zero-order valence-electron chi connectivity index (χ0n) is 10.6. The highest BCUT2D eigenvalue weighted by Gasteiger charge is 2.41. The zero-order valence-corrected chi connectivity index (χ0v) is 10.6. The molecule has 88 valence electrons. The second-order valence-electron chi connectivity index (χ2n) is 5.54. The van der Waals surface area contributed by atoms with E-state index in [0.717, 1.165) is 12.2 Å². The molecule has 16 heavy (non-hydrogen) atoms. The monoisotopic (exact) mass is 219 g/mol. The summed E-state index contributed by atoms with van der Waals surface area (Å²) in [5, 5.41) is 3.72. The van der Waals surface area contributed by atoms with E-state index in [2.05, 4.69) is 38.2 Å². The van der Waals surface area contributed by atoms with E-state index < -0.39 is 0 Å². The largest absolute Gasteiger partial charge is 0.496 e. The van der Waals surface area contributed by atoms with Crippen LogP contribution in [-0.4, -0.2) is 12.6 Å². The van der Waals surface area contributed by atoms with E-state index in [0.29, 0.717) is 0 Å². The normalized spacial score (nSPS) is 28.0. The van der Waals surface area contributed by atoms with Crippen LogP contribution >= 0.6 is 0 Å². The molecule has 2 heteroatoms. The number of methoxy groups -OCH3 is 1. The van der Waals surface area contributed by atoms with Crippen molar-refractivity contribution >= 4 is 0 Å². The number of ether oxygens (including phenoxy) is 1. The van der Waals surface area contributed by atoms with Gasteiger partial charge >= 0.3 is 0 Å². The molecule has 2 rings (SSSR count). The summed E-state index contributed by atoms with van der Waals surface area (Å²) in [6.07, 6.45) is 2.35. The summed E-state index contributed by atoms with van der Waals surface area (Å²) >= 11 is 0. The third-order valence-corrected chi connectivity index (χ3v) is 3.57. The van der Waals surface area contributed by atoms with Crippen LogP contribution in [0.15, 0.2) is 24.3 Å². The third kappa shape index (κ3) is 1.94. The van der Waals surface area contributed by atoms with Crippen LogP contribution in [0.3, 0.4) is 0 Å². The first-order valence-electron chi connectivity index (χ1n) is 5.90. The Morgan fingerprint density at radius 3 is 2.38 bits per heavy atom. The summed E-state index contributed by atoms with van der Waals surface area (Å²) in [5.74, 6) is 0.982. The molecule has 0 aromatic heterocycles. The van der Waals surface area contributed by atoms with Gasteiger partial charge in [0.05, 0.1) is 7.11 Å². The topological polar surface area (TPSA) is 21.3 Å². The first-order chi connectivity index (χ1) is 7.47. The molecule has 1 heterocycles. The number of hydrogen-bond acceptors (Lipinski definition) is 2. The van der Waals surface area contributed by atoms with Gasteiger partial charge in [0.15, 0.2) is 0 Å². The predicted octanol–water partition coefficient (Wildman–Crippen LogP) is 3.07. The van der Waals surface area contributed by atoms with E-state index in [1.165, 1.54) is 12.0 Å². The van der Waals surface area contributed by atoms with Crippen LogP contribution in [0.4, 0.5) is 0 Å². The molecule has 1 aliphatic rings. The highest BCUT2D eigenvalue weighted by molar-refractivity contribution is 5.39. The molecule has 1 aromatic carbocycles. The number of nitrogens with one attached hydrogen (secondary N) is 1. The van der Waals surface area contributed by atoms with Gasteiger partial charge in [-0.1, -0.05) is 18.2 Å². The van der Waals surface area contributed by atoms with Crippen LogP contribution in [-0.2, 0) is 5.54 Å². The quantitative estimate of drug-likeness (QED) is 0.825. The van der Waals surface area contributed by atoms with Crippen molar-refractivity contribution in [1.82, 2.24) is 5.32 Å². The van der Waals surface area contributed by atoms with Crippen LogP contribution < -0.4 is 10.1 Å². The lowest BCUT2D eigenvalue weighted by atomic mass is 9.90. The summed E-state index contributed by atoms with van der Waals surface area (Å²) in [7, 11) is 1.74. The van der Waals surface area contributed by atoms with E-state index >= 15 is 0 Å². The van der Waals surface area contributed by atoms with Gasteiger partial charge < -0.3 is 10.1 Å². The van der Waals surface area contributed by atoms with E-state index in [9.17, 15) is 0 Å². The smallest absolute Gasteiger partial charge is 0.123 e. The molecule has 0 saturated carbocycles. The fourth-order valence-corrected chi connectivity index (χ4v) is 2.74. The molecule has 0 spiro atoms. The Balaban J connectivity index is 2.37. The van der Waals surface area contributed by atoms with Gasteiger partial charge in [-0.2, -0.15) is 0 Å². The molecule has 2 nitrogen and oxygen atoms in total. The minimum absolute atomic E-state index is 0.0378. The van der Waals surface area contributed by atoms with Crippen LogP contribution in [0.5, 0.6) is 5.75 Å². The summed E-state index contributed by atoms with van der Waals surface area (Å²) < 4.78 is 5.45. The molecule has 1 aromatic rings. The second-order valence-corrected chi connectivity index (χ2v) is 5.54. The van der Waals surface area contributed by atoms with Gasteiger partial charge in [-0.05, 0) is 39.7 Å². The summed E-state index contributed by atoms with van der Waals surface area (Å²) in [5.41, 5.74) is 1.52. The Labute approximate surface area is 98.0 Å². The minimum atomic E-state index is 0.0378. The van der Waals surface area contributed by atoms with Gasteiger partial charge in [-0.15, -0.1) is 0 Å². The highest BCUT2D eigenvalue weighted by atomic mass is 16.5. The maximum absolute atomic E-state index is 5.45. The van der Waals surface area contributed by atoms with Gasteiger partial charge in [0.2, 0.25) is 0 Å². The highest BCUT2D eigenvalue weighted by Crippen LogP contribution is 2.41. The van der Waals surface area contributed by atoms with Crippen molar-refractivity contribution in [3.8, 4) is 5.75 Å². The van der Waals surface area contributed by atoms with E-state index in [-0.39, 0.29) is 11.1 Å². The zero-order chi connectivity index (χ0) is 11.8. The lowest BCUT2D eigenvalue weighted by Gasteiger charge is -2.30. The molecule has 1 fully saturated rings. The van der Waals surface area contributed by atoms with Crippen molar-refractivity contribution in [2.45, 2.75) is 44.7 Å². The molecular formula is C14H21NO. The molecule has 1 aliphatic heterocycles. The SMILES string of the molecule is COc1ccccc1C1(C)CCC(C)(C)N1. The van der Waals surface area contributed by atoms with Crippen LogP contribution in [0.25, 0.3) is 0 Å². The van der Waals surface area contributed by atoms with Gasteiger partial charge in [0.1, 0.15) is 5.75 Å². The Morgan fingerprint density at radius 1 is 1.12 bits per heavy atom. The minimum Gasteiger partial charge on any atom is -0.496 e. The number of hydrogen-bond donors (Lipinski definition) is 1.